The number of fused-ring (bicyclic) bond motifs is 1. The summed E-state index contributed by atoms with van der Waals surface area (Å²) in [5.41, 5.74) is 1.92. The maximum Gasteiger partial charge on any atom is 0.254 e. The van der Waals surface area contributed by atoms with Gasteiger partial charge in [0.25, 0.3) is 5.78 Å². The van der Waals surface area contributed by atoms with E-state index < -0.39 is 0 Å². The Labute approximate surface area is 134 Å². The Balaban J connectivity index is 1.98. The molecule has 3 rings (SSSR count). The molecule has 0 N–H and O–H groups in total. The third kappa shape index (κ3) is 2.77. The number of anilines is 1. The van der Waals surface area contributed by atoms with Crippen molar-refractivity contribution in [1.29, 1.82) is 0 Å². The maximum atomic E-state index is 5.50. The first-order valence-corrected chi connectivity index (χ1v) is 7.22. The van der Waals surface area contributed by atoms with Crippen LogP contribution < -0.4 is 14.4 Å². The Hall–Kier alpha value is -2.83. The molecule has 0 aliphatic rings. The SMILES string of the molecule is COc1cccc(CN(C)c2cc(C)nc3ncnn23)c1OC. The maximum absolute atomic E-state index is 5.50. The first-order valence-electron chi connectivity index (χ1n) is 7.22. The van der Waals surface area contributed by atoms with Gasteiger partial charge in [-0.3, -0.25) is 0 Å². The molecule has 23 heavy (non-hydrogen) atoms. The number of para-hydroxylation sites is 1. The number of benzene rings is 1. The molecule has 0 atom stereocenters. The highest BCUT2D eigenvalue weighted by Crippen LogP contribution is 2.32. The molecule has 0 amide bonds. The Morgan fingerprint density at radius 1 is 1.22 bits per heavy atom. The molecule has 0 radical (unpaired) electrons. The van der Waals surface area contributed by atoms with Crippen LogP contribution in [-0.2, 0) is 6.54 Å². The number of ether oxygens (including phenoxy) is 2. The van der Waals surface area contributed by atoms with Crippen LogP contribution in [-0.4, -0.2) is 40.8 Å². The standard InChI is InChI=1S/C16H19N5O2/c1-11-8-14(21-16(19-11)17-10-18-21)20(2)9-12-6-5-7-13(22-3)15(12)23-4/h5-8,10H,9H2,1-4H3. The van der Waals surface area contributed by atoms with Gasteiger partial charge >= 0.3 is 0 Å². The molecule has 0 fully saturated rings. The molecular formula is C16H19N5O2. The average Bonchev–Trinajstić information content (AvgIpc) is 3.01. The summed E-state index contributed by atoms with van der Waals surface area (Å²) < 4.78 is 12.6. The summed E-state index contributed by atoms with van der Waals surface area (Å²) in [5.74, 6) is 2.96. The van der Waals surface area contributed by atoms with Crippen molar-refractivity contribution < 1.29 is 9.47 Å². The van der Waals surface area contributed by atoms with E-state index in [1.807, 2.05) is 38.2 Å². The zero-order chi connectivity index (χ0) is 16.4. The fraction of sp³-hybridized carbons (Fsp3) is 0.312. The van der Waals surface area contributed by atoms with Gasteiger partial charge in [0.15, 0.2) is 11.5 Å². The second-order valence-electron chi connectivity index (χ2n) is 5.24. The minimum Gasteiger partial charge on any atom is -0.493 e. The van der Waals surface area contributed by atoms with E-state index in [2.05, 4.69) is 20.0 Å². The molecule has 3 aromatic rings. The van der Waals surface area contributed by atoms with Crippen LogP contribution in [0.4, 0.5) is 5.82 Å². The number of nitrogens with zero attached hydrogens (tertiary/aromatic N) is 5. The van der Waals surface area contributed by atoms with E-state index in [1.165, 1.54) is 6.33 Å². The van der Waals surface area contributed by atoms with Gasteiger partial charge in [0, 0.05) is 30.9 Å². The Morgan fingerprint density at radius 3 is 2.78 bits per heavy atom. The summed E-state index contributed by atoms with van der Waals surface area (Å²) in [6.07, 6.45) is 1.51. The molecule has 0 spiro atoms. The second-order valence-corrected chi connectivity index (χ2v) is 5.24. The summed E-state index contributed by atoms with van der Waals surface area (Å²) in [6, 6.07) is 7.83. The number of rotatable bonds is 5. The van der Waals surface area contributed by atoms with Gasteiger partial charge in [-0.1, -0.05) is 12.1 Å². The lowest BCUT2D eigenvalue weighted by Gasteiger charge is -2.22. The third-order valence-electron chi connectivity index (χ3n) is 3.64. The molecule has 7 nitrogen and oxygen atoms in total. The van der Waals surface area contributed by atoms with E-state index >= 15 is 0 Å². The quantitative estimate of drug-likeness (QED) is 0.718. The van der Waals surface area contributed by atoms with Crippen LogP contribution in [0.25, 0.3) is 5.78 Å². The molecule has 1 aromatic carbocycles. The molecule has 0 aliphatic carbocycles. The number of hydrogen-bond donors (Lipinski definition) is 0. The topological polar surface area (TPSA) is 64.8 Å². The van der Waals surface area contributed by atoms with E-state index in [0.29, 0.717) is 12.3 Å². The minimum absolute atomic E-state index is 0.587. The predicted molar refractivity (Wildman–Crippen MR) is 87.2 cm³/mol. The predicted octanol–water partition coefficient (Wildman–Crippen LogP) is 2.09. The summed E-state index contributed by atoms with van der Waals surface area (Å²) in [6.45, 7) is 2.58. The van der Waals surface area contributed by atoms with Crippen LogP contribution in [0.3, 0.4) is 0 Å². The second kappa shape index (κ2) is 6.12. The highest BCUT2D eigenvalue weighted by atomic mass is 16.5. The summed E-state index contributed by atoms with van der Waals surface area (Å²) in [5, 5.41) is 4.24. The van der Waals surface area contributed by atoms with Crippen LogP contribution in [0.1, 0.15) is 11.3 Å². The van der Waals surface area contributed by atoms with Crippen LogP contribution in [0.15, 0.2) is 30.6 Å². The van der Waals surface area contributed by atoms with Gasteiger partial charge < -0.3 is 14.4 Å². The number of aromatic nitrogens is 4. The zero-order valence-corrected chi connectivity index (χ0v) is 13.6. The molecule has 0 saturated heterocycles. The van der Waals surface area contributed by atoms with E-state index in [1.54, 1.807) is 18.7 Å². The average molecular weight is 313 g/mol. The molecular weight excluding hydrogens is 294 g/mol. The Bertz CT molecular complexity index is 830. The van der Waals surface area contributed by atoms with E-state index in [0.717, 1.165) is 28.6 Å². The minimum atomic E-state index is 0.587. The van der Waals surface area contributed by atoms with Gasteiger partial charge in [-0.15, -0.1) is 0 Å². The van der Waals surface area contributed by atoms with Crippen molar-refractivity contribution in [3.05, 3.63) is 41.9 Å². The first kappa shape index (κ1) is 15.1. The van der Waals surface area contributed by atoms with Crippen molar-refractivity contribution in [2.24, 2.45) is 0 Å². The molecule has 2 heterocycles. The summed E-state index contributed by atoms with van der Waals surface area (Å²) in [7, 11) is 5.28. The number of aryl methyl sites for hydroxylation is 1. The largest absolute Gasteiger partial charge is 0.493 e. The fourth-order valence-electron chi connectivity index (χ4n) is 2.60. The van der Waals surface area contributed by atoms with E-state index in [4.69, 9.17) is 9.47 Å². The zero-order valence-electron chi connectivity index (χ0n) is 13.6. The molecule has 0 aliphatic heterocycles. The molecule has 0 saturated carbocycles. The Kier molecular flexibility index (Phi) is 4.01. The van der Waals surface area contributed by atoms with Crippen molar-refractivity contribution >= 4 is 11.6 Å². The molecule has 0 unspecified atom stereocenters. The number of hydrogen-bond acceptors (Lipinski definition) is 6. The lowest BCUT2D eigenvalue weighted by Crippen LogP contribution is -2.20. The highest BCUT2D eigenvalue weighted by Gasteiger charge is 2.15. The summed E-state index contributed by atoms with van der Waals surface area (Å²) >= 11 is 0. The lowest BCUT2D eigenvalue weighted by molar-refractivity contribution is 0.351. The van der Waals surface area contributed by atoms with E-state index in [-0.39, 0.29) is 0 Å². The molecule has 2 aromatic heterocycles. The van der Waals surface area contributed by atoms with Gasteiger partial charge in [-0.05, 0) is 13.0 Å². The first-order chi connectivity index (χ1) is 11.1. The third-order valence-corrected chi connectivity index (χ3v) is 3.64. The van der Waals surface area contributed by atoms with Crippen molar-refractivity contribution in [1.82, 2.24) is 19.6 Å². The molecule has 7 heteroatoms. The normalized spacial score (nSPS) is 10.8. The Morgan fingerprint density at radius 2 is 2.04 bits per heavy atom. The highest BCUT2D eigenvalue weighted by molar-refractivity contribution is 5.51. The van der Waals surface area contributed by atoms with Crippen LogP contribution in [0, 0.1) is 6.92 Å². The molecule has 0 bridgehead atoms. The number of methoxy groups -OCH3 is 2. The van der Waals surface area contributed by atoms with Crippen LogP contribution in [0.2, 0.25) is 0 Å². The van der Waals surface area contributed by atoms with Crippen molar-refractivity contribution in [2.45, 2.75) is 13.5 Å². The van der Waals surface area contributed by atoms with E-state index in [9.17, 15) is 0 Å². The summed E-state index contributed by atoms with van der Waals surface area (Å²) in [4.78, 5) is 10.6. The fourth-order valence-corrected chi connectivity index (χ4v) is 2.60. The van der Waals surface area contributed by atoms with Crippen molar-refractivity contribution in [2.75, 3.05) is 26.2 Å². The van der Waals surface area contributed by atoms with Gasteiger partial charge in [0.05, 0.1) is 14.2 Å². The van der Waals surface area contributed by atoms with Gasteiger partial charge in [-0.25, -0.2) is 4.98 Å². The molecule has 120 valence electrons. The van der Waals surface area contributed by atoms with Gasteiger partial charge in [0.2, 0.25) is 0 Å². The van der Waals surface area contributed by atoms with Gasteiger partial charge in [0.1, 0.15) is 12.1 Å². The van der Waals surface area contributed by atoms with Crippen molar-refractivity contribution in [3.8, 4) is 11.5 Å². The monoisotopic (exact) mass is 313 g/mol. The lowest BCUT2D eigenvalue weighted by atomic mass is 10.1. The van der Waals surface area contributed by atoms with Crippen molar-refractivity contribution in [3.63, 3.8) is 0 Å². The van der Waals surface area contributed by atoms with Gasteiger partial charge in [-0.2, -0.15) is 14.6 Å². The van der Waals surface area contributed by atoms with Crippen LogP contribution >= 0.6 is 0 Å². The smallest absolute Gasteiger partial charge is 0.254 e. The van der Waals surface area contributed by atoms with Crippen LogP contribution in [0.5, 0.6) is 11.5 Å².